The van der Waals surface area contributed by atoms with E-state index in [1.165, 1.54) is 36.4 Å². The summed E-state index contributed by atoms with van der Waals surface area (Å²) in [4.78, 5) is 25.9. The normalized spacial score (nSPS) is 11.3. The van der Waals surface area contributed by atoms with Gasteiger partial charge < -0.3 is 34.4 Å². The monoisotopic (exact) mass is 522 g/mol. The van der Waals surface area contributed by atoms with Gasteiger partial charge in [0.25, 0.3) is 0 Å². The van der Waals surface area contributed by atoms with Crippen LogP contribution >= 0.6 is 0 Å². The highest BCUT2D eigenvalue weighted by Gasteiger charge is 2.26. The molecule has 0 fully saturated rings. The molecule has 6 aromatic rings. The molecule has 9 heteroatoms. The van der Waals surface area contributed by atoms with Gasteiger partial charge in [-0.15, -0.1) is 0 Å². The van der Waals surface area contributed by atoms with Crippen LogP contribution in [0.5, 0.6) is 28.7 Å². The summed E-state index contributed by atoms with van der Waals surface area (Å²) in [5, 5.41) is 53.0. The molecule has 4 aromatic carbocycles. The maximum Gasteiger partial charge on any atom is 0.197 e. The van der Waals surface area contributed by atoms with Gasteiger partial charge in [0, 0.05) is 34.9 Å². The first-order valence-corrected chi connectivity index (χ1v) is 11.6. The van der Waals surface area contributed by atoms with Crippen molar-refractivity contribution in [3.63, 3.8) is 0 Å². The summed E-state index contributed by atoms with van der Waals surface area (Å²) in [6.07, 6.45) is 0. The molecule has 2 aromatic heterocycles. The highest BCUT2D eigenvalue weighted by Crippen LogP contribution is 2.51. The lowest BCUT2D eigenvalue weighted by Gasteiger charge is -2.16. The van der Waals surface area contributed by atoms with Crippen LogP contribution in [0.25, 0.3) is 55.7 Å². The fourth-order valence-electron chi connectivity index (χ4n) is 4.58. The van der Waals surface area contributed by atoms with Gasteiger partial charge in [0.15, 0.2) is 22.4 Å². The van der Waals surface area contributed by atoms with E-state index in [1.807, 2.05) is 0 Å². The lowest BCUT2D eigenvalue weighted by atomic mass is 9.93. The zero-order chi connectivity index (χ0) is 27.4. The molecule has 0 aliphatic carbocycles. The van der Waals surface area contributed by atoms with E-state index >= 15 is 0 Å². The molecule has 0 aliphatic rings. The third kappa shape index (κ3) is 3.80. The van der Waals surface area contributed by atoms with E-state index in [2.05, 4.69) is 0 Å². The Morgan fingerprint density at radius 3 is 2.03 bits per heavy atom. The number of hydrogen-bond acceptors (Lipinski definition) is 9. The smallest absolute Gasteiger partial charge is 0.197 e. The van der Waals surface area contributed by atoms with Gasteiger partial charge in [-0.1, -0.05) is 12.1 Å². The summed E-state index contributed by atoms with van der Waals surface area (Å²) in [5.74, 6) is -2.48. The predicted molar refractivity (Wildman–Crippen MR) is 143 cm³/mol. The lowest BCUT2D eigenvalue weighted by Crippen LogP contribution is -2.03. The maximum atomic E-state index is 13.1. The van der Waals surface area contributed by atoms with Gasteiger partial charge in [0.1, 0.15) is 45.3 Å². The van der Waals surface area contributed by atoms with E-state index in [0.29, 0.717) is 10.9 Å². The Balaban J connectivity index is 1.63. The first-order chi connectivity index (χ1) is 18.7. The number of rotatable bonds is 3. The van der Waals surface area contributed by atoms with Gasteiger partial charge in [-0.2, -0.15) is 0 Å². The molecule has 0 aliphatic heterocycles. The van der Waals surface area contributed by atoms with Gasteiger partial charge >= 0.3 is 0 Å². The van der Waals surface area contributed by atoms with Crippen molar-refractivity contribution in [1.29, 1.82) is 0 Å². The van der Waals surface area contributed by atoms with Crippen LogP contribution < -0.4 is 10.9 Å². The van der Waals surface area contributed by atoms with Gasteiger partial charge in [-0.25, -0.2) is 0 Å². The van der Waals surface area contributed by atoms with Gasteiger partial charge in [-0.05, 0) is 48.5 Å². The molecule has 0 spiro atoms. The largest absolute Gasteiger partial charge is 0.508 e. The van der Waals surface area contributed by atoms with Crippen molar-refractivity contribution in [2.24, 2.45) is 0 Å². The molecule has 0 unspecified atom stereocenters. The van der Waals surface area contributed by atoms with E-state index in [4.69, 9.17) is 8.83 Å². The summed E-state index contributed by atoms with van der Waals surface area (Å²) in [5.41, 5.74) is -1.05. The summed E-state index contributed by atoms with van der Waals surface area (Å²) < 4.78 is 11.7. The fourth-order valence-corrected chi connectivity index (χ4v) is 4.58. The molecule has 2 heterocycles. The minimum atomic E-state index is -0.724. The summed E-state index contributed by atoms with van der Waals surface area (Å²) in [7, 11) is 0. The number of phenols is 5. The van der Waals surface area contributed by atoms with E-state index < -0.39 is 28.4 Å². The standard InChI is InChI=1S/C30H18O9/c31-15-7-5-14(6-8-15)23-12-20(34)27-25(39-23)13-21(35)28(30(27)37)26-17(9-10-18(32)29(26)36)24-11-19(33)16-3-1-2-4-22(16)38-24/h1-13,31-32,35-37H. The van der Waals surface area contributed by atoms with Crippen LogP contribution in [0, 0.1) is 0 Å². The summed E-state index contributed by atoms with van der Waals surface area (Å²) in [6, 6.07) is 18.3. The topological polar surface area (TPSA) is 162 Å². The molecule has 39 heavy (non-hydrogen) atoms. The highest BCUT2D eigenvalue weighted by molar-refractivity contribution is 6.01. The van der Waals surface area contributed by atoms with Crippen molar-refractivity contribution in [1.82, 2.24) is 0 Å². The molecular formula is C30H18O9. The summed E-state index contributed by atoms with van der Waals surface area (Å²) >= 11 is 0. The van der Waals surface area contributed by atoms with Crippen molar-refractivity contribution in [2.75, 3.05) is 0 Å². The third-order valence-corrected chi connectivity index (χ3v) is 6.43. The Kier molecular flexibility index (Phi) is 5.28. The number of para-hydroxylation sites is 1. The molecule has 0 saturated heterocycles. The van der Waals surface area contributed by atoms with Crippen LogP contribution in [0.15, 0.2) is 97.3 Å². The van der Waals surface area contributed by atoms with Crippen LogP contribution in [0.3, 0.4) is 0 Å². The Morgan fingerprint density at radius 1 is 0.564 bits per heavy atom. The second kappa shape index (κ2) is 8.70. The van der Waals surface area contributed by atoms with E-state index in [-0.39, 0.29) is 55.9 Å². The van der Waals surface area contributed by atoms with Crippen LogP contribution in [0.4, 0.5) is 0 Å². The first kappa shape index (κ1) is 23.7. The van der Waals surface area contributed by atoms with E-state index in [0.717, 1.165) is 18.2 Å². The van der Waals surface area contributed by atoms with E-state index in [1.54, 1.807) is 24.3 Å². The second-order valence-electron chi connectivity index (χ2n) is 8.84. The molecule has 0 radical (unpaired) electrons. The number of fused-ring (bicyclic) bond motifs is 2. The third-order valence-electron chi connectivity index (χ3n) is 6.43. The average molecular weight is 522 g/mol. The van der Waals surface area contributed by atoms with Crippen LogP contribution in [-0.4, -0.2) is 25.5 Å². The Hall–Kier alpha value is -5.70. The molecular weight excluding hydrogens is 504 g/mol. The number of benzene rings is 4. The van der Waals surface area contributed by atoms with Gasteiger partial charge in [-0.3, -0.25) is 9.59 Å². The molecule has 192 valence electrons. The van der Waals surface area contributed by atoms with Crippen LogP contribution in [0.1, 0.15) is 0 Å². The number of aromatic hydroxyl groups is 5. The first-order valence-electron chi connectivity index (χ1n) is 11.6. The SMILES string of the molecule is O=c1cc(-c2ccc(O)c(O)c2-c2c(O)cc3oc(-c4ccc(O)cc4)cc(=O)c3c2O)oc2ccccc12. The second-order valence-corrected chi connectivity index (χ2v) is 8.84. The van der Waals surface area contributed by atoms with Crippen molar-refractivity contribution in [3.05, 3.63) is 99.3 Å². The van der Waals surface area contributed by atoms with Crippen molar-refractivity contribution < 1.29 is 34.4 Å². The Labute approximate surface area is 218 Å². The number of hydrogen-bond donors (Lipinski definition) is 5. The molecule has 0 amide bonds. The predicted octanol–water partition coefficient (Wildman–Crippen LogP) is 5.43. The minimum absolute atomic E-state index is 0.0161. The van der Waals surface area contributed by atoms with Crippen LogP contribution in [-0.2, 0) is 0 Å². The molecule has 0 bridgehead atoms. The molecule has 5 N–H and O–H groups in total. The van der Waals surface area contributed by atoms with Gasteiger partial charge in [0.2, 0.25) is 0 Å². The van der Waals surface area contributed by atoms with E-state index in [9.17, 15) is 35.1 Å². The van der Waals surface area contributed by atoms with Crippen molar-refractivity contribution in [2.45, 2.75) is 0 Å². The van der Waals surface area contributed by atoms with Crippen LogP contribution in [0.2, 0.25) is 0 Å². The lowest BCUT2D eigenvalue weighted by molar-refractivity contribution is 0.404. The molecule has 0 atom stereocenters. The zero-order valence-electron chi connectivity index (χ0n) is 19.9. The summed E-state index contributed by atoms with van der Waals surface area (Å²) in [6.45, 7) is 0. The van der Waals surface area contributed by atoms with Gasteiger partial charge in [0.05, 0.1) is 10.9 Å². The average Bonchev–Trinajstić information content (AvgIpc) is 2.91. The molecule has 9 nitrogen and oxygen atoms in total. The minimum Gasteiger partial charge on any atom is -0.508 e. The zero-order valence-corrected chi connectivity index (χ0v) is 19.9. The fraction of sp³-hybridized carbons (Fsp3) is 0. The quantitative estimate of drug-likeness (QED) is 0.191. The molecule has 6 rings (SSSR count). The molecule has 0 saturated carbocycles. The Bertz CT molecular complexity index is 2050. The highest BCUT2D eigenvalue weighted by atomic mass is 16.3. The van der Waals surface area contributed by atoms with Crippen molar-refractivity contribution in [3.8, 4) is 62.5 Å². The maximum absolute atomic E-state index is 13.1. The van der Waals surface area contributed by atoms with Crippen molar-refractivity contribution >= 4 is 21.9 Å². The Morgan fingerprint density at radius 2 is 1.26 bits per heavy atom. The number of phenolic OH excluding ortho intramolecular Hbond substituents is 5.